The van der Waals surface area contributed by atoms with Crippen LogP contribution in [-0.2, 0) is 29.0 Å². The maximum absolute atomic E-state index is 12.1. The van der Waals surface area contributed by atoms with E-state index in [2.05, 4.69) is 9.89 Å². The van der Waals surface area contributed by atoms with Gasteiger partial charge in [0.05, 0.1) is 17.3 Å². The third kappa shape index (κ3) is 3.91. The van der Waals surface area contributed by atoms with Crippen LogP contribution in [0.15, 0.2) is 34.3 Å². The zero-order chi connectivity index (χ0) is 17.9. The van der Waals surface area contributed by atoms with E-state index in [-0.39, 0.29) is 21.4 Å². The highest BCUT2D eigenvalue weighted by atomic mass is 32.2. The van der Waals surface area contributed by atoms with E-state index >= 15 is 0 Å². The summed E-state index contributed by atoms with van der Waals surface area (Å²) in [7, 11) is -2.19. The average molecular weight is 355 g/mol. The molecule has 9 heteroatoms. The van der Waals surface area contributed by atoms with Gasteiger partial charge in [-0.15, -0.1) is 0 Å². The molecule has 1 fully saturated rings. The molecule has 0 radical (unpaired) electrons. The number of sulfone groups is 1. The second-order valence-electron chi connectivity index (χ2n) is 5.29. The highest BCUT2D eigenvalue weighted by molar-refractivity contribution is 7.92. The molecule has 8 nitrogen and oxygen atoms in total. The van der Waals surface area contributed by atoms with E-state index in [1.54, 1.807) is 0 Å². The summed E-state index contributed by atoms with van der Waals surface area (Å²) in [5, 5.41) is 12.0. The molecular formula is C15H17NO7S. The molecule has 2 rings (SSSR count). The van der Waals surface area contributed by atoms with Crippen molar-refractivity contribution in [2.75, 3.05) is 7.11 Å². The Balaban J connectivity index is 2.28. The molecule has 0 aromatic heterocycles. The van der Waals surface area contributed by atoms with Gasteiger partial charge in [0.25, 0.3) is 0 Å². The van der Waals surface area contributed by atoms with Crippen molar-refractivity contribution in [1.82, 2.24) is 0 Å². The van der Waals surface area contributed by atoms with Crippen molar-refractivity contribution in [2.24, 2.45) is 5.16 Å². The second kappa shape index (κ2) is 7.00. The van der Waals surface area contributed by atoms with Crippen molar-refractivity contribution in [3.8, 4) is 0 Å². The molecule has 1 aliphatic rings. The number of carboxylic acids is 1. The van der Waals surface area contributed by atoms with Gasteiger partial charge in [-0.1, -0.05) is 17.3 Å². The van der Waals surface area contributed by atoms with Gasteiger partial charge in [-0.05, 0) is 31.9 Å². The Labute approximate surface area is 139 Å². The van der Waals surface area contributed by atoms with Gasteiger partial charge in [0.2, 0.25) is 6.10 Å². The minimum absolute atomic E-state index is 0.165. The predicted octanol–water partition coefficient (Wildman–Crippen LogP) is 0.990. The van der Waals surface area contributed by atoms with Crippen LogP contribution in [0.5, 0.6) is 0 Å². The first kappa shape index (κ1) is 17.9. The number of methoxy groups -OCH3 is 1. The number of carbonyl (C=O) groups is 2. The van der Waals surface area contributed by atoms with E-state index < -0.39 is 27.9 Å². The Hall–Kier alpha value is -2.42. The molecule has 0 bridgehead atoms. The predicted molar refractivity (Wildman–Crippen MR) is 83.4 cm³/mol. The van der Waals surface area contributed by atoms with Gasteiger partial charge in [0, 0.05) is 5.56 Å². The van der Waals surface area contributed by atoms with Crippen molar-refractivity contribution < 1.29 is 32.7 Å². The molecular weight excluding hydrogens is 338 g/mol. The molecule has 0 spiro atoms. The third-order valence-electron chi connectivity index (χ3n) is 3.45. The van der Waals surface area contributed by atoms with Crippen LogP contribution in [-0.4, -0.2) is 49.6 Å². The lowest BCUT2D eigenvalue weighted by atomic mass is 10.1. The van der Waals surface area contributed by atoms with Gasteiger partial charge in [-0.3, -0.25) is 0 Å². The van der Waals surface area contributed by atoms with E-state index in [9.17, 15) is 18.0 Å². The van der Waals surface area contributed by atoms with Crippen molar-refractivity contribution in [2.45, 2.75) is 36.0 Å². The summed E-state index contributed by atoms with van der Waals surface area (Å²) >= 11 is 0. The average Bonchev–Trinajstić information content (AvgIpc) is 3.40. The van der Waals surface area contributed by atoms with Gasteiger partial charge < -0.3 is 14.7 Å². The zero-order valence-electron chi connectivity index (χ0n) is 13.1. The molecule has 1 aromatic carbocycles. The standard InChI is InChI=1S/C15H17NO7S/c1-9(14(17)18)23-16-13(15(19)22-2)10-3-5-11(6-4-10)24(20,21)12-7-8-12/h3-6,9,12H,7-8H2,1-2H3,(H,17,18)/t9-/m0/s1. The highest BCUT2D eigenvalue weighted by Gasteiger charge is 2.36. The number of carbonyl (C=O) groups excluding carboxylic acids is 1. The lowest BCUT2D eigenvalue weighted by Crippen LogP contribution is -2.22. The minimum Gasteiger partial charge on any atom is -0.478 e. The van der Waals surface area contributed by atoms with Gasteiger partial charge in [0.1, 0.15) is 0 Å². The Morgan fingerprint density at radius 2 is 1.83 bits per heavy atom. The molecule has 24 heavy (non-hydrogen) atoms. The first-order valence-corrected chi connectivity index (χ1v) is 8.71. The lowest BCUT2D eigenvalue weighted by molar-refractivity contribution is -0.149. The topological polar surface area (TPSA) is 119 Å². The van der Waals surface area contributed by atoms with E-state index in [1.165, 1.54) is 31.2 Å². The fraction of sp³-hybridized carbons (Fsp3) is 0.400. The van der Waals surface area contributed by atoms with Crippen molar-refractivity contribution in [3.05, 3.63) is 29.8 Å². The third-order valence-corrected chi connectivity index (χ3v) is 5.73. The number of aliphatic carboxylic acids is 1. The lowest BCUT2D eigenvalue weighted by Gasteiger charge is -2.08. The van der Waals surface area contributed by atoms with E-state index in [0.29, 0.717) is 12.8 Å². The first-order chi connectivity index (χ1) is 11.3. The van der Waals surface area contributed by atoms with Gasteiger partial charge in [0.15, 0.2) is 15.5 Å². The molecule has 1 saturated carbocycles. The van der Waals surface area contributed by atoms with Gasteiger partial charge in [-0.2, -0.15) is 0 Å². The number of rotatable bonds is 7. The van der Waals surface area contributed by atoms with Gasteiger partial charge >= 0.3 is 11.9 Å². The first-order valence-electron chi connectivity index (χ1n) is 7.16. The van der Waals surface area contributed by atoms with Crippen molar-refractivity contribution in [1.29, 1.82) is 0 Å². The number of benzene rings is 1. The summed E-state index contributed by atoms with van der Waals surface area (Å²) in [4.78, 5) is 27.5. The maximum atomic E-state index is 12.1. The zero-order valence-corrected chi connectivity index (χ0v) is 13.9. The molecule has 0 amide bonds. The summed E-state index contributed by atoms with van der Waals surface area (Å²) in [6.07, 6.45) is 0.0545. The number of hydrogen-bond donors (Lipinski definition) is 1. The largest absolute Gasteiger partial charge is 0.478 e. The van der Waals surface area contributed by atoms with E-state index in [0.717, 1.165) is 7.11 Å². The number of nitrogens with zero attached hydrogens (tertiary/aromatic N) is 1. The molecule has 0 unspecified atom stereocenters. The fourth-order valence-corrected chi connectivity index (χ4v) is 3.51. The van der Waals surface area contributed by atoms with Crippen molar-refractivity contribution >= 4 is 27.5 Å². The number of oxime groups is 1. The van der Waals surface area contributed by atoms with Crippen LogP contribution in [0.3, 0.4) is 0 Å². The molecule has 1 aliphatic carbocycles. The number of esters is 1. The molecule has 0 heterocycles. The Morgan fingerprint density at radius 3 is 2.29 bits per heavy atom. The van der Waals surface area contributed by atoms with Crippen molar-refractivity contribution in [3.63, 3.8) is 0 Å². The smallest absolute Gasteiger partial charge is 0.360 e. The second-order valence-corrected chi connectivity index (χ2v) is 7.51. The van der Waals surface area contributed by atoms with Crippen LogP contribution in [0.2, 0.25) is 0 Å². The molecule has 0 saturated heterocycles. The number of ether oxygens (including phenoxy) is 1. The summed E-state index contributed by atoms with van der Waals surface area (Å²) in [6.45, 7) is 1.26. The summed E-state index contributed by atoms with van der Waals surface area (Å²) in [5.41, 5.74) is 0.00940. The molecule has 0 aliphatic heterocycles. The van der Waals surface area contributed by atoms with Crippen LogP contribution < -0.4 is 0 Å². The van der Waals surface area contributed by atoms with Crippen LogP contribution in [0.4, 0.5) is 0 Å². The maximum Gasteiger partial charge on any atom is 0.360 e. The van der Waals surface area contributed by atoms with E-state index in [1.807, 2.05) is 0 Å². The van der Waals surface area contributed by atoms with Crippen LogP contribution >= 0.6 is 0 Å². The molecule has 1 N–H and O–H groups in total. The number of hydrogen-bond acceptors (Lipinski definition) is 7. The monoisotopic (exact) mass is 355 g/mol. The Morgan fingerprint density at radius 1 is 1.25 bits per heavy atom. The molecule has 130 valence electrons. The Kier molecular flexibility index (Phi) is 5.23. The quantitative estimate of drug-likeness (QED) is 0.440. The molecule has 1 aromatic rings. The SMILES string of the molecule is COC(=O)C(=NO[C@@H](C)C(=O)O)c1ccc(S(=O)(=O)C2CC2)cc1. The van der Waals surface area contributed by atoms with Crippen LogP contribution in [0, 0.1) is 0 Å². The summed E-state index contributed by atoms with van der Waals surface area (Å²) in [6, 6.07) is 5.56. The highest BCUT2D eigenvalue weighted by Crippen LogP contribution is 2.33. The summed E-state index contributed by atoms with van der Waals surface area (Å²) in [5.74, 6) is -2.07. The van der Waals surface area contributed by atoms with Gasteiger partial charge in [-0.25, -0.2) is 18.0 Å². The van der Waals surface area contributed by atoms with Crippen LogP contribution in [0.25, 0.3) is 0 Å². The summed E-state index contributed by atoms with van der Waals surface area (Å²) < 4.78 is 28.9. The fourth-order valence-electron chi connectivity index (χ4n) is 1.85. The molecule has 1 atom stereocenters. The normalized spacial score (nSPS) is 16.3. The Bertz CT molecular complexity index is 764. The minimum atomic E-state index is -3.34. The van der Waals surface area contributed by atoms with Crippen LogP contribution in [0.1, 0.15) is 25.3 Å². The number of carboxylic acid groups (broad SMARTS) is 1. The van der Waals surface area contributed by atoms with E-state index in [4.69, 9.17) is 9.94 Å².